The van der Waals surface area contributed by atoms with E-state index in [1.165, 1.54) is 37.4 Å². The van der Waals surface area contributed by atoms with Crippen LogP contribution in [0.3, 0.4) is 0 Å². The van der Waals surface area contributed by atoms with Gasteiger partial charge in [-0.1, -0.05) is 24.3 Å². The highest BCUT2D eigenvalue weighted by molar-refractivity contribution is 5.88. The lowest BCUT2D eigenvalue weighted by atomic mass is 9.96. The molecule has 4 aromatic carbocycles. The molecule has 0 aliphatic carbocycles. The average molecular weight is 526 g/mol. The number of fused-ring (bicyclic) bond motifs is 1. The largest absolute Gasteiger partial charge is 0.573 e. The molecule has 0 N–H and O–H groups in total. The minimum Gasteiger partial charge on any atom is -0.399 e. The third-order valence-electron chi connectivity index (χ3n) is 5.69. The van der Waals surface area contributed by atoms with Crippen LogP contribution in [-0.2, 0) is 24.2 Å². The highest BCUT2D eigenvalue weighted by Gasteiger charge is 2.34. The number of benzene rings is 4. The fraction of sp³-hybridized carbons (Fsp3) is 0.185. The van der Waals surface area contributed by atoms with Crippen molar-refractivity contribution in [3.63, 3.8) is 0 Å². The van der Waals surface area contributed by atoms with Crippen LogP contribution in [0.4, 0.5) is 35.1 Å². The van der Waals surface area contributed by atoms with E-state index in [4.69, 9.17) is 4.74 Å². The first-order valence-corrected chi connectivity index (χ1v) is 10.9. The van der Waals surface area contributed by atoms with Crippen molar-refractivity contribution in [1.29, 1.82) is 0 Å². The molecule has 0 fully saturated rings. The van der Waals surface area contributed by atoms with Gasteiger partial charge in [0.25, 0.3) is 0 Å². The maximum atomic E-state index is 15.2. The van der Waals surface area contributed by atoms with E-state index >= 15 is 4.39 Å². The van der Waals surface area contributed by atoms with E-state index in [1.54, 1.807) is 0 Å². The molecule has 10 heteroatoms. The van der Waals surface area contributed by atoms with Gasteiger partial charge in [-0.05, 0) is 70.8 Å². The van der Waals surface area contributed by atoms with Crippen LogP contribution in [0.2, 0.25) is 0 Å². The topological polar surface area (TPSA) is 18.5 Å². The normalized spacial score (nSPS) is 11.8. The van der Waals surface area contributed by atoms with Crippen LogP contribution in [0.15, 0.2) is 54.6 Å². The van der Waals surface area contributed by atoms with Crippen molar-refractivity contribution >= 4 is 10.8 Å². The second-order valence-corrected chi connectivity index (χ2v) is 8.28. The molecule has 0 spiro atoms. The number of aryl methyl sites for hydroxylation is 2. The van der Waals surface area contributed by atoms with Gasteiger partial charge >= 0.3 is 6.36 Å². The third-order valence-corrected chi connectivity index (χ3v) is 5.69. The Bertz CT molecular complexity index is 1420. The fourth-order valence-electron chi connectivity index (χ4n) is 4.09. The molecule has 0 amide bonds. The summed E-state index contributed by atoms with van der Waals surface area (Å²) >= 11 is 0. The molecule has 0 aromatic heterocycles. The summed E-state index contributed by atoms with van der Waals surface area (Å²) in [5.74, 6) is -6.87. The zero-order chi connectivity index (χ0) is 26.9. The van der Waals surface area contributed by atoms with Crippen LogP contribution in [0, 0.1) is 29.1 Å². The van der Waals surface area contributed by atoms with Crippen molar-refractivity contribution in [2.24, 2.45) is 0 Å². The summed E-state index contributed by atoms with van der Waals surface area (Å²) < 4.78 is 117. The Kier molecular flexibility index (Phi) is 7.40. The van der Waals surface area contributed by atoms with E-state index in [9.17, 15) is 30.7 Å². The lowest BCUT2D eigenvalue weighted by Gasteiger charge is -2.13. The van der Waals surface area contributed by atoms with Gasteiger partial charge in [-0.25, -0.2) is 22.0 Å². The van der Waals surface area contributed by atoms with Gasteiger partial charge < -0.3 is 9.47 Å². The lowest BCUT2D eigenvalue weighted by Crippen LogP contribution is -2.19. The van der Waals surface area contributed by atoms with E-state index in [1.807, 2.05) is 0 Å². The summed E-state index contributed by atoms with van der Waals surface area (Å²) in [5, 5.41) is 0.522. The van der Waals surface area contributed by atoms with E-state index in [2.05, 4.69) is 4.74 Å². The molecule has 194 valence electrons. The van der Waals surface area contributed by atoms with Gasteiger partial charge in [0.2, 0.25) is 5.75 Å². The number of halogens is 8. The number of alkyl halides is 3. The molecule has 0 bridgehead atoms. The predicted molar refractivity (Wildman–Crippen MR) is 120 cm³/mol. The fourth-order valence-corrected chi connectivity index (χ4v) is 4.09. The molecule has 0 aliphatic rings. The molecule has 2 nitrogen and oxygen atoms in total. The minimum atomic E-state index is -5.26. The maximum Gasteiger partial charge on any atom is 0.573 e. The van der Waals surface area contributed by atoms with Gasteiger partial charge in [-0.15, -0.1) is 13.2 Å². The van der Waals surface area contributed by atoms with Crippen LogP contribution in [0.1, 0.15) is 16.7 Å². The van der Waals surface area contributed by atoms with Crippen molar-refractivity contribution in [3.05, 3.63) is 100 Å². The van der Waals surface area contributed by atoms with Crippen LogP contribution < -0.4 is 4.74 Å². The molecule has 0 heterocycles. The second kappa shape index (κ2) is 10.4. The van der Waals surface area contributed by atoms with E-state index < -0.39 is 41.2 Å². The Labute approximate surface area is 206 Å². The van der Waals surface area contributed by atoms with Gasteiger partial charge in [-0.2, -0.15) is 0 Å². The number of ether oxygens (including phenoxy) is 2. The Morgan fingerprint density at radius 1 is 0.703 bits per heavy atom. The van der Waals surface area contributed by atoms with Crippen molar-refractivity contribution in [1.82, 2.24) is 0 Å². The van der Waals surface area contributed by atoms with Gasteiger partial charge in [0, 0.05) is 12.5 Å². The molecular weight excluding hydrogens is 508 g/mol. The maximum absolute atomic E-state index is 15.2. The first-order valence-electron chi connectivity index (χ1n) is 10.9. The quantitative estimate of drug-likeness (QED) is 0.227. The van der Waals surface area contributed by atoms with Gasteiger partial charge in [-0.3, -0.25) is 0 Å². The van der Waals surface area contributed by atoms with Crippen LogP contribution in [0.5, 0.6) is 5.75 Å². The predicted octanol–water partition coefficient (Wildman–Crippen LogP) is 8.03. The minimum absolute atomic E-state index is 0.00207. The molecular formula is C27H18F8O2. The Balaban J connectivity index is 1.58. The van der Waals surface area contributed by atoms with Crippen LogP contribution in [-0.4, -0.2) is 13.5 Å². The highest BCUT2D eigenvalue weighted by atomic mass is 19.4. The summed E-state index contributed by atoms with van der Waals surface area (Å²) in [7, 11) is 1.40. The van der Waals surface area contributed by atoms with Crippen molar-refractivity contribution in [2.75, 3.05) is 7.11 Å². The average Bonchev–Trinajstić information content (AvgIpc) is 2.80. The molecule has 0 saturated carbocycles. The zero-order valence-corrected chi connectivity index (χ0v) is 19.2. The van der Waals surface area contributed by atoms with E-state index in [-0.39, 0.29) is 47.1 Å². The molecule has 37 heavy (non-hydrogen) atoms. The summed E-state index contributed by atoms with van der Waals surface area (Å²) in [5.41, 5.74) is 0.430. The Hall–Kier alpha value is -3.66. The molecule has 4 aromatic rings. The molecule has 0 saturated heterocycles. The summed E-state index contributed by atoms with van der Waals surface area (Å²) in [6.45, 7) is 0.0323. The summed E-state index contributed by atoms with van der Waals surface area (Å²) in [6, 6.07) is 10.8. The van der Waals surface area contributed by atoms with Crippen LogP contribution in [0.25, 0.3) is 21.9 Å². The van der Waals surface area contributed by atoms with Gasteiger partial charge in [0.05, 0.1) is 12.2 Å². The zero-order valence-electron chi connectivity index (χ0n) is 19.2. The lowest BCUT2D eigenvalue weighted by molar-refractivity contribution is -0.276. The molecule has 0 atom stereocenters. The summed E-state index contributed by atoms with van der Waals surface area (Å²) in [4.78, 5) is 0. The van der Waals surface area contributed by atoms with Crippen molar-refractivity contribution < 1.29 is 44.6 Å². The highest BCUT2D eigenvalue weighted by Crippen LogP contribution is 2.33. The smallest absolute Gasteiger partial charge is 0.399 e. The second-order valence-electron chi connectivity index (χ2n) is 8.28. The standard InChI is InChI=1S/C27H18F8O2/c1-36-13-15-10-20(28)24(21(29)11-15)18-6-7-19-17(12-18)5-4-16(25(19)32)3-2-14-8-22(30)26(23(31)9-14)37-27(33,34)35/h4-12H,2-3,13H2,1H3. The molecule has 0 aliphatic heterocycles. The van der Waals surface area contributed by atoms with Crippen molar-refractivity contribution in [3.8, 4) is 16.9 Å². The monoisotopic (exact) mass is 526 g/mol. The molecule has 0 radical (unpaired) electrons. The summed E-state index contributed by atoms with van der Waals surface area (Å²) in [6.07, 6.45) is -5.36. The first kappa shape index (κ1) is 26.4. The SMILES string of the molecule is COCc1cc(F)c(-c2ccc3c(F)c(CCc4cc(F)c(OC(F)(F)F)c(F)c4)ccc3c2)c(F)c1. The number of hydrogen-bond donors (Lipinski definition) is 0. The Morgan fingerprint density at radius 3 is 1.92 bits per heavy atom. The van der Waals surface area contributed by atoms with Gasteiger partial charge in [0.1, 0.15) is 17.5 Å². The van der Waals surface area contributed by atoms with E-state index in [0.717, 1.165) is 12.1 Å². The number of hydrogen-bond acceptors (Lipinski definition) is 2. The first-order chi connectivity index (χ1) is 17.5. The Morgan fingerprint density at radius 2 is 1.32 bits per heavy atom. The van der Waals surface area contributed by atoms with Crippen molar-refractivity contribution in [2.45, 2.75) is 25.8 Å². The molecule has 0 unspecified atom stereocenters. The molecule has 4 rings (SSSR count). The number of methoxy groups -OCH3 is 1. The van der Waals surface area contributed by atoms with Crippen LogP contribution >= 0.6 is 0 Å². The third kappa shape index (κ3) is 5.85. The number of rotatable bonds is 7. The van der Waals surface area contributed by atoms with Gasteiger partial charge in [0.15, 0.2) is 11.6 Å². The van der Waals surface area contributed by atoms with E-state index in [0.29, 0.717) is 23.1 Å².